The number of hydrogen-bond donors (Lipinski definition) is 0. The molecule has 0 unspecified atom stereocenters. The van der Waals surface area contributed by atoms with Crippen LogP contribution in [0.2, 0.25) is 0 Å². The molecule has 3 heteroatoms. The Labute approximate surface area is 80.4 Å². The first kappa shape index (κ1) is 12.4. The summed E-state index contributed by atoms with van der Waals surface area (Å²) in [6, 6.07) is 0. The van der Waals surface area contributed by atoms with Gasteiger partial charge in [0.15, 0.2) is 0 Å². The van der Waals surface area contributed by atoms with Crippen LogP contribution in [-0.2, 0) is 14.3 Å². The minimum absolute atomic E-state index is 0.0214. The highest BCUT2D eigenvalue weighted by Gasteiger charge is 2.06. The Morgan fingerprint density at radius 2 is 1.85 bits per heavy atom. The van der Waals surface area contributed by atoms with Crippen molar-refractivity contribution in [3.8, 4) is 0 Å². The fourth-order valence-corrected chi connectivity index (χ4v) is 0.790. The van der Waals surface area contributed by atoms with Gasteiger partial charge in [0.25, 0.3) is 0 Å². The number of esters is 1. The van der Waals surface area contributed by atoms with E-state index >= 15 is 0 Å². The van der Waals surface area contributed by atoms with Crippen LogP contribution in [0.15, 0.2) is 0 Å². The van der Waals surface area contributed by atoms with Crippen LogP contribution in [0.4, 0.5) is 0 Å². The van der Waals surface area contributed by atoms with Crippen molar-refractivity contribution in [2.75, 3.05) is 19.8 Å². The fraction of sp³-hybridized carbons (Fsp3) is 0.900. The summed E-state index contributed by atoms with van der Waals surface area (Å²) in [5.74, 6) is -0.136. The molecule has 0 atom stereocenters. The molecule has 0 aliphatic heterocycles. The van der Waals surface area contributed by atoms with Crippen molar-refractivity contribution in [1.29, 1.82) is 0 Å². The number of hydrogen-bond acceptors (Lipinski definition) is 3. The molecule has 0 aromatic rings. The molecule has 0 bridgehead atoms. The van der Waals surface area contributed by atoms with Gasteiger partial charge < -0.3 is 9.47 Å². The van der Waals surface area contributed by atoms with E-state index in [1.165, 1.54) is 0 Å². The van der Waals surface area contributed by atoms with E-state index < -0.39 is 0 Å². The highest BCUT2D eigenvalue weighted by atomic mass is 16.5. The van der Waals surface area contributed by atoms with Gasteiger partial charge in [0.2, 0.25) is 0 Å². The Bertz CT molecular complexity index is 132. The van der Waals surface area contributed by atoms with Gasteiger partial charge in [-0.05, 0) is 19.8 Å². The molecule has 0 aliphatic rings. The van der Waals surface area contributed by atoms with E-state index in [1.807, 2.05) is 20.8 Å². The lowest BCUT2D eigenvalue weighted by Crippen LogP contribution is -2.12. The predicted molar refractivity (Wildman–Crippen MR) is 51.5 cm³/mol. The van der Waals surface area contributed by atoms with Crippen LogP contribution < -0.4 is 0 Å². The Kier molecular flexibility index (Phi) is 7.69. The van der Waals surface area contributed by atoms with Crippen LogP contribution in [-0.4, -0.2) is 25.8 Å². The first-order valence-electron chi connectivity index (χ1n) is 4.92. The average molecular weight is 188 g/mol. The standard InChI is InChI=1S/C10H20O3/c1-4-12-7-5-6-8-13-10(11)9(2)3/h9H,4-8H2,1-3H3. The maximum atomic E-state index is 11.0. The van der Waals surface area contributed by atoms with Crippen LogP contribution in [0.1, 0.15) is 33.6 Å². The van der Waals surface area contributed by atoms with Crippen LogP contribution in [0.25, 0.3) is 0 Å². The zero-order valence-electron chi connectivity index (χ0n) is 8.84. The molecule has 0 fully saturated rings. The van der Waals surface area contributed by atoms with Gasteiger partial charge in [0.05, 0.1) is 12.5 Å². The predicted octanol–water partition coefficient (Wildman–Crippen LogP) is 2.00. The van der Waals surface area contributed by atoms with E-state index in [2.05, 4.69) is 0 Å². The molecule has 0 aliphatic carbocycles. The summed E-state index contributed by atoms with van der Waals surface area (Å²) in [7, 11) is 0. The van der Waals surface area contributed by atoms with Crippen molar-refractivity contribution in [3.63, 3.8) is 0 Å². The van der Waals surface area contributed by atoms with Crippen molar-refractivity contribution in [2.24, 2.45) is 5.92 Å². The SMILES string of the molecule is CCOCCCCOC(=O)C(C)C. The molecule has 0 N–H and O–H groups in total. The topological polar surface area (TPSA) is 35.5 Å². The highest BCUT2D eigenvalue weighted by molar-refractivity contribution is 5.71. The normalized spacial score (nSPS) is 10.5. The van der Waals surface area contributed by atoms with E-state index in [-0.39, 0.29) is 11.9 Å². The van der Waals surface area contributed by atoms with E-state index in [0.717, 1.165) is 26.1 Å². The lowest BCUT2D eigenvalue weighted by Gasteiger charge is -2.06. The van der Waals surface area contributed by atoms with Crippen molar-refractivity contribution >= 4 is 5.97 Å². The van der Waals surface area contributed by atoms with Gasteiger partial charge in [-0.25, -0.2) is 0 Å². The Morgan fingerprint density at radius 1 is 1.23 bits per heavy atom. The lowest BCUT2D eigenvalue weighted by atomic mass is 10.2. The monoisotopic (exact) mass is 188 g/mol. The van der Waals surface area contributed by atoms with Gasteiger partial charge >= 0.3 is 5.97 Å². The summed E-state index contributed by atoms with van der Waals surface area (Å²) >= 11 is 0. The summed E-state index contributed by atoms with van der Waals surface area (Å²) in [5, 5.41) is 0. The number of carbonyl (C=O) groups excluding carboxylic acids is 1. The third kappa shape index (κ3) is 7.78. The first-order valence-corrected chi connectivity index (χ1v) is 4.92. The molecule has 0 radical (unpaired) electrons. The summed E-state index contributed by atoms with van der Waals surface area (Å²) < 4.78 is 10.1. The Balaban J connectivity index is 3.12. The van der Waals surface area contributed by atoms with Gasteiger partial charge in [-0.3, -0.25) is 4.79 Å². The van der Waals surface area contributed by atoms with E-state index in [4.69, 9.17) is 9.47 Å². The van der Waals surface area contributed by atoms with Gasteiger partial charge in [0.1, 0.15) is 0 Å². The number of ether oxygens (including phenoxy) is 2. The minimum atomic E-state index is -0.114. The highest BCUT2D eigenvalue weighted by Crippen LogP contribution is 1.98. The molecule has 0 saturated carbocycles. The molecule has 13 heavy (non-hydrogen) atoms. The zero-order valence-corrected chi connectivity index (χ0v) is 8.84. The molecule has 0 saturated heterocycles. The Hall–Kier alpha value is -0.570. The quantitative estimate of drug-likeness (QED) is 0.453. The number of carbonyl (C=O) groups is 1. The maximum Gasteiger partial charge on any atom is 0.308 e. The van der Waals surface area contributed by atoms with Crippen molar-refractivity contribution < 1.29 is 14.3 Å². The van der Waals surface area contributed by atoms with E-state index in [1.54, 1.807) is 0 Å². The smallest absolute Gasteiger partial charge is 0.308 e. The van der Waals surface area contributed by atoms with Crippen LogP contribution in [0.3, 0.4) is 0 Å². The molecule has 0 aromatic carbocycles. The summed E-state index contributed by atoms with van der Waals surface area (Å²) in [6.07, 6.45) is 1.84. The molecule has 3 nitrogen and oxygen atoms in total. The third-order valence-corrected chi connectivity index (χ3v) is 1.60. The van der Waals surface area contributed by atoms with Gasteiger partial charge in [-0.2, -0.15) is 0 Å². The van der Waals surface area contributed by atoms with Crippen molar-refractivity contribution in [3.05, 3.63) is 0 Å². The minimum Gasteiger partial charge on any atom is -0.465 e. The fourth-order valence-electron chi connectivity index (χ4n) is 0.790. The van der Waals surface area contributed by atoms with E-state index in [9.17, 15) is 4.79 Å². The molecular formula is C10H20O3. The van der Waals surface area contributed by atoms with Crippen LogP contribution in [0, 0.1) is 5.92 Å². The van der Waals surface area contributed by atoms with Crippen molar-refractivity contribution in [1.82, 2.24) is 0 Å². The summed E-state index contributed by atoms with van der Waals surface area (Å²) in [5.41, 5.74) is 0. The molecule has 0 spiro atoms. The second kappa shape index (κ2) is 8.05. The largest absolute Gasteiger partial charge is 0.465 e. The summed E-state index contributed by atoms with van der Waals surface area (Å²) in [6.45, 7) is 7.68. The van der Waals surface area contributed by atoms with E-state index in [0.29, 0.717) is 6.61 Å². The molecular weight excluding hydrogens is 168 g/mol. The molecule has 0 amide bonds. The maximum absolute atomic E-state index is 11.0. The van der Waals surface area contributed by atoms with Crippen LogP contribution >= 0.6 is 0 Å². The Morgan fingerprint density at radius 3 is 2.38 bits per heavy atom. The number of rotatable bonds is 7. The molecule has 78 valence electrons. The zero-order chi connectivity index (χ0) is 10.1. The van der Waals surface area contributed by atoms with Gasteiger partial charge in [0, 0.05) is 13.2 Å². The first-order chi connectivity index (χ1) is 6.18. The molecule has 0 aromatic heterocycles. The van der Waals surface area contributed by atoms with Gasteiger partial charge in [-0.1, -0.05) is 13.8 Å². The summed E-state index contributed by atoms with van der Waals surface area (Å²) in [4.78, 5) is 11.0. The average Bonchev–Trinajstić information content (AvgIpc) is 2.10. The van der Waals surface area contributed by atoms with Gasteiger partial charge in [-0.15, -0.1) is 0 Å². The second-order valence-electron chi connectivity index (χ2n) is 3.23. The lowest BCUT2D eigenvalue weighted by molar-refractivity contribution is -0.147. The second-order valence-corrected chi connectivity index (χ2v) is 3.23. The molecule has 0 heterocycles. The van der Waals surface area contributed by atoms with Crippen molar-refractivity contribution in [2.45, 2.75) is 33.6 Å². The number of unbranched alkanes of at least 4 members (excludes halogenated alkanes) is 1. The van der Waals surface area contributed by atoms with Crippen LogP contribution in [0.5, 0.6) is 0 Å². The molecule has 0 rings (SSSR count). The third-order valence-electron chi connectivity index (χ3n) is 1.60.